The van der Waals surface area contributed by atoms with Gasteiger partial charge in [0.25, 0.3) is 10.2 Å². The Balaban J connectivity index is 0. The zero-order valence-corrected chi connectivity index (χ0v) is 30.2. The number of aliphatic hydroxyl groups is 1. The molecule has 0 bridgehead atoms. The number of aryl methyl sites for hydroxylation is 1. The van der Waals surface area contributed by atoms with Crippen molar-refractivity contribution in [3.63, 3.8) is 0 Å². The van der Waals surface area contributed by atoms with E-state index >= 15 is 0 Å². The second-order valence-corrected chi connectivity index (χ2v) is 12.3. The molecule has 0 radical (unpaired) electrons. The topological polar surface area (TPSA) is 249 Å². The second kappa shape index (κ2) is 31.7. The Labute approximate surface area is 300 Å². The van der Waals surface area contributed by atoms with Crippen LogP contribution in [-0.4, -0.2) is 75.2 Å². The van der Waals surface area contributed by atoms with Crippen molar-refractivity contribution in [3.8, 4) is 0 Å². The normalized spacial score (nSPS) is 15.2. The maximum Gasteiger partial charge on any atom is 0.306 e. The van der Waals surface area contributed by atoms with Gasteiger partial charge in [-0.25, -0.2) is 0 Å². The van der Waals surface area contributed by atoms with Gasteiger partial charge in [-0.15, -0.1) is 20.2 Å². The minimum absolute atomic E-state index is 0. The van der Waals surface area contributed by atoms with Crippen molar-refractivity contribution in [2.45, 2.75) is 135 Å². The fourth-order valence-corrected chi connectivity index (χ4v) is 5.07. The Kier molecular flexibility index (Phi) is 30.3. The SMILES string of the molecule is C/C=C\CCCC(=O)OC(C)C.O.O=C(O)CCNC(=O)CCCC(CO[N+](=O)[O-])O[N+](=O)[O-].OC1CCC(CCCCCc2ccccc2)C1. The van der Waals surface area contributed by atoms with E-state index in [2.05, 4.69) is 51.4 Å². The molecule has 3 unspecified atom stereocenters. The van der Waals surface area contributed by atoms with E-state index in [1.165, 1.54) is 44.1 Å². The lowest BCUT2D eigenvalue weighted by atomic mass is 9.98. The quantitative estimate of drug-likeness (QED) is 0.0424. The highest BCUT2D eigenvalue weighted by molar-refractivity contribution is 5.76. The largest absolute Gasteiger partial charge is 0.481 e. The first kappa shape index (κ1) is 48.8. The summed E-state index contributed by atoms with van der Waals surface area (Å²) in [5, 5.41) is 38.1. The molecule has 1 aliphatic rings. The number of aliphatic hydroxyl groups excluding tert-OH is 1. The number of carbonyl (C=O) groups is 3. The first-order valence-corrected chi connectivity index (χ1v) is 17.4. The fraction of sp³-hybridized carbons (Fsp3) is 0.686. The molecular formula is C35H59N3O13. The Morgan fingerprint density at radius 1 is 0.980 bits per heavy atom. The lowest BCUT2D eigenvalue weighted by molar-refractivity contribution is -0.790. The van der Waals surface area contributed by atoms with Crippen LogP contribution in [0.25, 0.3) is 0 Å². The van der Waals surface area contributed by atoms with E-state index in [0.29, 0.717) is 6.42 Å². The van der Waals surface area contributed by atoms with E-state index in [1.807, 2.05) is 26.8 Å². The summed E-state index contributed by atoms with van der Waals surface area (Å²) in [6, 6.07) is 10.8. The number of nitrogens with one attached hydrogen (secondary N) is 1. The van der Waals surface area contributed by atoms with Crippen LogP contribution in [0.5, 0.6) is 0 Å². The summed E-state index contributed by atoms with van der Waals surface area (Å²) in [5.41, 5.74) is 1.46. The third kappa shape index (κ3) is 32.6. The van der Waals surface area contributed by atoms with Gasteiger partial charge in [-0.3, -0.25) is 14.4 Å². The van der Waals surface area contributed by atoms with Crippen LogP contribution in [-0.2, 0) is 35.2 Å². The van der Waals surface area contributed by atoms with E-state index in [9.17, 15) is 39.7 Å². The summed E-state index contributed by atoms with van der Waals surface area (Å²) in [4.78, 5) is 60.8. The van der Waals surface area contributed by atoms with Crippen molar-refractivity contribution in [1.29, 1.82) is 0 Å². The third-order valence-electron chi connectivity index (χ3n) is 7.48. The van der Waals surface area contributed by atoms with Crippen molar-refractivity contribution in [2.75, 3.05) is 13.2 Å². The van der Waals surface area contributed by atoms with Crippen LogP contribution < -0.4 is 5.32 Å². The number of hydrogen-bond acceptors (Lipinski definition) is 11. The smallest absolute Gasteiger partial charge is 0.306 e. The number of ether oxygens (including phenoxy) is 1. The highest BCUT2D eigenvalue weighted by atomic mass is 17.0. The van der Waals surface area contributed by atoms with Gasteiger partial charge in [0, 0.05) is 19.4 Å². The molecule has 0 heterocycles. The molecular weight excluding hydrogens is 670 g/mol. The molecule has 1 aliphatic carbocycles. The number of benzene rings is 1. The monoisotopic (exact) mass is 729 g/mol. The average molecular weight is 730 g/mol. The Morgan fingerprint density at radius 3 is 2.25 bits per heavy atom. The van der Waals surface area contributed by atoms with Crippen molar-refractivity contribution in [2.24, 2.45) is 5.92 Å². The minimum Gasteiger partial charge on any atom is -0.481 e. The first-order chi connectivity index (χ1) is 23.8. The van der Waals surface area contributed by atoms with Crippen LogP contribution in [0.1, 0.15) is 116 Å². The number of unbranched alkanes of at least 4 members (excludes halogenated alkanes) is 3. The van der Waals surface area contributed by atoms with Gasteiger partial charge in [-0.2, -0.15) is 0 Å². The average Bonchev–Trinajstić information content (AvgIpc) is 3.46. The number of nitrogens with zero attached hydrogens (tertiary/aromatic N) is 2. The Hall–Kier alpha value is -4.31. The van der Waals surface area contributed by atoms with Crippen LogP contribution in [0.15, 0.2) is 42.5 Å². The Morgan fingerprint density at radius 2 is 1.69 bits per heavy atom. The van der Waals surface area contributed by atoms with E-state index in [0.717, 1.165) is 31.6 Å². The highest BCUT2D eigenvalue weighted by Gasteiger charge is 2.22. The first-order valence-electron chi connectivity index (χ1n) is 17.4. The molecule has 0 saturated heterocycles. The van der Waals surface area contributed by atoms with E-state index in [1.54, 1.807) is 0 Å². The number of allylic oxidation sites excluding steroid dienone is 2. The zero-order valence-electron chi connectivity index (χ0n) is 30.2. The highest BCUT2D eigenvalue weighted by Crippen LogP contribution is 2.29. The van der Waals surface area contributed by atoms with Gasteiger partial charge in [0.2, 0.25) is 5.91 Å². The molecule has 292 valence electrons. The molecule has 1 saturated carbocycles. The summed E-state index contributed by atoms with van der Waals surface area (Å²) in [7, 11) is 0. The van der Waals surface area contributed by atoms with Gasteiger partial charge in [0.1, 0.15) is 12.7 Å². The molecule has 3 atom stereocenters. The molecule has 1 amide bonds. The third-order valence-corrected chi connectivity index (χ3v) is 7.48. The number of esters is 1. The second-order valence-electron chi connectivity index (χ2n) is 12.3. The van der Waals surface area contributed by atoms with Crippen molar-refractivity contribution in [3.05, 3.63) is 68.3 Å². The standard InChI is InChI=1S/C16H24O.C10H18O2.C9H15N3O9.H2O/c17-16-12-11-15(13-16)10-6-2-5-9-14-7-3-1-4-8-14;1-4-5-6-7-8-10(11)12-9(2)3;13-8(10-5-4-9(14)15)3-1-2-7(21-12(18)19)6-20-11(16)17;/h1,3-4,7-8,15-17H,2,5-6,9-13H2;4-5,9H,6-8H2,1-3H3;7H,1-6H2,(H,10,13)(H,14,15);1H2/b;5-4-;;. The minimum atomic E-state index is -1.16. The number of amides is 1. The van der Waals surface area contributed by atoms with Gasteiger partial charge in [-0.1, -0.05) is 61.7 Å². The molecule has 0 aliphatic heterocycles. The molecule has 5 N–H and O–H groups in total. The van der Waals surface area contributed by atoms with Crippen molar-refractivity contribution < 1.29 is 54.7 Å². The van der Waals surface area contributed by atoms with Gasteiger partial charge >= 0.3 is 11.9 Å². The molecule has 51 heavy (non-hydrogen) atoms. The fourth-order valence-electron chi connectivity index (χ4n) is 5.07. The van der Waals surface area contributed by atoms with Crippen molar-refractivity contribution in [1.82, 2.24) is 5.32 Å². The maximum atomic E-state index is 11.3. The number of hydrogen-bond donors (Lipinski definition) is 3. The van der Waals surface area contributed by atoms with Crippen molar-refractivity contribution >= 4 is 17.8 Å². The lowest BCUT2D eigenvalue weighted by Crippen LogP contribution is -2.27. The van der Waals surface area contributed by atoms with Crippen LogP contribution in [0.2, 0.25) is 0 Å². The number of carboxylic acid groups (broad SMARTS) is 1. The zero-order chi connectivity index (χ0) is 37.6. The molecule has 1 fully saturated rings. The summed E-state index contributed by atoms with van der Waals surface area (Å²) in [5.74, 6) is -0.755. The molecule has 2 rings (SSSR count). The van der Waals surface area contributed by atoms with Gasteiger partial charge < -0.3 is 35.4 Å². The summed E-state index contributed by atoms with van der Waals surface area (Å²) >= 11 is 0. The van der Waals surface area contributed by atoms with E-state index in [4.69, 9.17) is 9.84 Å². The Bertz CT molecular complexity index is 1120. The molecule has 16 heteroatoms. The predicted molar refractivity (Wildman–Crippen MR) is 189 cm³/mol. The van der Waals surface area contributed by atoms with Crippen LogP contribution in [0.3, 0.4) is 0 Å². The number of aliphatic carboxylic acids is 1. The van der Waals surface area contributed by atoms with Gasteiger partial charge in [0.15, 0.2) is 0 Å². The summed E-state index contributed by atoms with van der Waals surface area (Å²) in [6.45, 7) is 5.07. The molecule has 0 aromatic heterocycles. The maximum absolute atomic E-state index is 11.3. The number of carboxylic acids is 1. The van der Waals surface area contributed by atoms with Gasteiger partial charge in [-0.05, 0) is 90.0 Å². The molecule has 16 nitrogen and oxygen atoms in total. The summed E-state index contributed by atoms with van der Waals surface area (Å²) in [6.07, 6.45) is 15.1. The number of rotatable bonds is 23. The molecule has 1 aromatic carbocycles. The molecule has 0 spiro atoms. The van der Waals surface area contributed by atoms with Gasteiger partial charge in [0.05, 0.1) is 18.6 Å². The predicted octanol–water partition coefficient (Wildman–Crippen LogP) is 5.34. The van der Waals surface area contributed by atoms with Crippen LogP contribution in [0.4, 0.5) is 0 Å². The summed E-state index contributed by atoms with van der Waals surface area (Å²) < 4.78 is 4.97. The van der Waals surface area contributed by atoms with Crippen LogP contribution in [0, 0.1) is 26.1 Å². The molecule has 1 aromatic rings. The van der Waals surface area contributed by atoms with Crippen LogP contribution >= 0.6 is 0 Å². The van der Waals surface area contributed by atoms with E-state index in [-0.39, 0.29) is 55.9 Å². The number of carbonyl (C=O) groups excluding carboxylic acids is 2. The van der Waals surface area contributed by atoms with E-state index < -0.39 is 34.8 Å². The lowest BCUT2D eigenvalue weighted by Gasteiger charge is -2.13.